The van der Waals surface area contributed by atoms with Gasteiger partial charge in [-0.15, -0.1) is 0 Å². The molecular weight excluding hydrogens is 244 g/mol. The summed E-state index contributed by atoms with van der Waals surface area (Å²) in [5, 5.41) is 3.79. The van der Waals surface area contributed by atoms with Crippen LogP contribution in [0, 0.1) is 11.8 Å². The highest BCUT2D eigenvalue weighted by molar-refractivity contribution is 4.89. The molecule has 2 nitrogen and oxygen atoms in total. The Hall–Kier alpha value is -0.0800. The topological polar surface area (TPSA) is 15.3 Å². The first kappa shape index (κ1) is 16.3. The molecule has 1 saturated carbocycles. The lowest BCUT2D eigenvalue weighted by Gasteiger charge is -2.45. The molecule has 0 aromatic carbocycles. The first-order chi connectivity index (χ1) is 9.78. The maximum absolute atomic E-state index is 3.79. The summed E-state index contributed by atoms with van der Waals surface area (Å²) >= 11 is 0. The first-order valence-electron chi connectivity index (χ1n) is 9.25. The third kappa shape index (κ3) is 4.21. The van der Waals surface area contributed by atoms with Crippen molar-refractivity contribution < 1.29 is 0 Å². The van der Waals surface area contributed by atoms with Gasteiger partial charge in [-0.1, -0.05) is 46.5 Å². The summed E-state index contributed by atoms with van der Waals surface area (Å²) in [7, 11) is 0. The Kier molecular flexibility index (Phi) is 6.83. The van der Waals surface area contributed by atoms with Crippen LogP contribution in [-0.2, 0) is 0 Å². The Morgan fingerprint density at radius 2 is 1.90 bits per heavy atom. The van der Waals surface area contributed by atoms with E-state index in [2.05, 4.69) is 31.0 Å². The molecule has 1 N–H and O–H groups in total. The molecule has 0 radical (unpaired) electrons. The van der Waals surface area contributed by atoms with Gasteiger partial charge >= 0.3 is 0 Å². The monoisotopic (exact) mass is 280 g/mol. The van der Waals surface area contributed by atoms with E-state index in [9.17, 15) is 0 Å². The summed E-state index contributed by atoms with van der Waals surface area (Å²) in [6.45, 7) is 10.9. The molecule has 4 atom stereocenters. The number of likely N-dealkylation sites (tertiary alicyclic amines) is 1. The van der Waals surface area contributed by atoms with E-state index in [1.807, 2.05) is 0 Å². The first-order valence-corrected chi connectivity index (χ1v) is 9.25. The molecule has 0 amide bonds. The van der Waals surface area contributed by atoms with Crippen LogP contribution in [0.5, 0.6) is 0 Å². The summed E-state index contributed by atoms with van der Waals surface area (Å²) in [5.74, 6) is 1.88. The molecule has 2 rings (SSSR count). The molecule has 1 aliphatic carbocycles. The van der Waals surface area contributed by atoms with Gasteiger partial charge in [0, 0.05) is 18.6 Å². The van der Waals surface area contributed by atoms with Gasteiger partial charge < -0.3 is 5.32 Å². The lowest BCUT2D eigenvalue weighted by molar-refractivity contribution is 0.0627. The van der Waals surface area contributed by atoms with Gasteiger partial charge in [-0.25, -0.2) is 0 Å². The number of hydrogen-bond acceptors (Lipinski definition) is 2. The van der Waals surface area contributed by atoms with Gasteiger partial charge in [0.25, 0.3) is 0 Å². The Labute approximate surface area is 126 Å². The summed E-state index contributed by atoms with van der Waals surface area (Å²) in [4.78, 5) is 2.85. The van der Waals surface area contributed by atoms with Crippen LogP contribution in [0.3, 0.4) is 0 Å². The van der Waals surface area contributed by atoms with Gasteiger partial charge in [-0.2, -0.15) is 0 Å². The zero-order valence-corrected chi connectivity index (χ0v) is 14.0. The van der Waals surface area contributed by atoms with Crippen LogP contribution >= 0.6 is 0 Å². The quantitative estimate of drug-likeness (QED) is 0.789. The summed E-state index contributed by atoms with van der Waals surface area (Å²) in [5.41, 5.74) is 0. The molecular formula is C18H36N2. The Morgan fingerprint density at radius 3 is 2.60 bits per heavy atom. The van der Waals surface area contributed by atoms with Crippen LogP contribution in [0.2, 0.25) is 0 Å². The van der Waals surface area contributed by atoms with Crippen molar-refractivity contribution in [2.24, 2.45) is 11.8 Å². The van der Waals surface area contributed by atoms with Crippen molar-refractivity contribution in [2.75, 3.05) is 19.6 Å². The highest BCUT2D eigenvalue weighted by atomic mass is 15.2. The number of hydrogen-bond donors (Lipinski definition) is 1. The van der Waals surface area contributed by atoms with Crippen molar-refractivity contribution in [1.29, 1.82) is 0 Å². The predicted octanol–water partition coefficient (Wildman–Crippen LogP) is 4.06. The number of nitrogens with one attached hydrogen (secondary N) is 1. The molecule has 0 bridgehead atoms. The molecule has 0 aromatic rings. The molecule has 2 fully saturated rings. The fourth-order valence-corrected chi connectivity index (χ4v) is 4.37. The van der Waals surface area contributed by atoms with Crippen LogP contribution in [0.15, 0.2) is 0 Å². The van der Waals surface area contributed by atoms with E-state index < -0.39 is 0 Å². The van der Waals surface area contributed by atoms with Gasteiger partial charge in [0.05, 0.1) is 0 Å². The smallest absolute Gasteiger partial charge is 0.0120 e. The maximum atomic E-state index is 3.79. The molecule has 0 spiro atoms. The molecule has 0 aromatic heterocycles. The average Bonchev–Trinajstić information content (AvgIpc) is 2.52. The molecule has 2 heteroatoms. The van der Waals surface area contributed by atoms with Crippen molar-refractivity contribution in [1.82, 2.24) is 10.2 Å². The van der Waals surface area contributed by atoms with E-state index in [1.54, 1.807) is 0 Å². The van der Waals surface area contributed by atoms with Crippen LogP contribution in [-0.4, -0.2) is 36.6 Å². The minimum Gasteiger partial charge on any atom is -0.314 e. The van der Waals surface area contributed by atoms with Crippen LogP contribution in [0.4, 0.5) is 0 Å². The minimum absolute atomic E-state index is 0.779. The third-order valence-electron chi connectivity index (χ3n) is 5.80. The third-order valence-corrected chi connectivity index (χ3v) is 5.80. The number of rotatable bonds is 6. The van der Waals surface area contributed by atoms with Gasteiger partial charge in [-0.05, 0) is 50.6 Å². The summed E-state index contributed by atoms with van der Waals surface area (Å²) < 4.78 is 0. The lowest BCUT2D eigenvalue weighted by atomic mass is 9.81. The highest BCUT2D eigenvalue weighted by Crippen LogP contribution is 2.32. The summed E-state index contributed by atoms with van der Waals surface area (Å²) in [6, 6.07) is 1.68. The van der Waals surface area contributed by atoms with E-state index in [1.165, 1.54) is 71.0 Å². The van der Waals surface area contributed by atoms with Gasteiger partial charge in [0.15, 0.2) is 0 Å². The lowest BCUT2D eigenvalue weighted by Crippen LogP contribution is -2.53. The van der Waals surface area contributed by atoms with Crippen molar-refractivity contribution in [3.8, 4) is 0 Å². The van der Waals surface area contributed by atoms with E-state index in [-0.39, 0.29) is 0 Å². The zero-order valence-electron chi connectivity index (χ0n) is 14.0. The maximum Gasteiger partial charge on any atom is 0.0120 e. The van der Waals surface area contributed by atoms with Crippen LogP contribution in [0.25, 0.3) is 0 Å². The Morgan fingerprint density at radius 1 is 1.05 bits per heavy atom. The van der Waals surface area contributed by atoms with Crippen LogP contribution in [0.1, 0.15) is 72.1 Å². The minimum atomic E-state index is 0.779. The fourth-order valence-electron chi connectivity index (χ4n) is 4.37. The second-order valence-corrected chi connectivity index (χ2v) is 7.11. The van der Waals surface area contributed by atoms with E-state index >= 15 is 0 Å². The molecule has 2 aliphatic rings. The average molecular weight is 280 g/mol. The van der Waals surface area contributed by atoms with E-state index in [0.29, 0.717) is 0 Å². The number of nitrogens with zero attached hydrogens (tertiary/aromatic N) is 1. The highest BCUT2D eigenvalue weighted by Gasteiger charge is 2.33. The molecule has 4 unspecified atom stereocenters. The standard InChI is InChI=1S/C18H36N2/c1-4-11-19-18-10-12-20(14-16(18)6-3)17-9-7-8-15(5-2)13-17/h15-19H,4-14H2,1-3H3. The van der Waals surface area contributed by atoms with E-state index in [4.69, 9.17) is 0 Å². The van der Waals surface area contributed by atoms with Crippen molar-refractivity contribution in [3.63, 3.8) is 0 Å². The Bertz CT molecular complexity index is 266. The van der Waals surface area contributed by atoms with Gasteiger partial charge in [-0.3, -0.25) is 4.90 Å². The SMILES string of the molecule is CCCNC1CCN(C2CCCC(CC)C2)CC1CC. The second kappa shape index (κ2) is 8.38. The molecule has 1 heterocycles. The zero-order chi connectivity index (χ0) is 14.4. The largest absolute Gasteiger partial charge is 0.314 e. The second-order valence-electron chi connectivity index (χ2n) is 7.11. The van der Waals surface area contributed by atoms with Gasteiger partial charge in [0.2, 0.25) is 0 Å². The molecule has 1 saturated heterocycles. The van der Waals surface area contributed by atoms with Crippen molar-refractivity contribution >= 4 is 0 Å². The van der Waals surface area contributed by atoms with Crippen molar-refractivity contribution in [2.45, 2.75) is 84.2 Å². The molecule has 118 valence electrons. The predicted molar refractivity (Wildman–Crippen MR) is 88.1 cm³/mol. The summed E-state index contributed by atoms with van der Waals surface area (Å²) in [6.07, 6.45) is 11.2. The normalized spacial score (nSPS) is 36.1. The molecule has 1 aliphatic heterocycles. The van der Waals surface area contributed by atoms with Crippen molar-refractivity contribution in [3.05, 3.63) is 0 Å². The van der Waals surface area contributed by atoms with Gasteiger partial charge in [0.1, 0.15) is 0 Å². The molecule has 20 heavy (non-hydrogen) atoms. The number of piperidine rings is 1. The Balaban J connectivity index is 1.85. The van der Waals surface area contributed by atoms with E-state index in [0.717, 1.165) is 23.9 Å². The van der Waals surface area contributed by atoms with Crippen LogP contribution < -0.4 is 5.32 Å². The fraction of sp³-hybridized carbons (Fsp3) is 1.00.